The van der Waals surface area contributed by atoms with Gasteiger partial charge in [0.2, 0.25) is 0 Å². The summed E-state index contributed by atoms with van der Waals surface area (Å²) in [6.45, 7) is 0. The van der Waals surface area contributed by atoms with Gasteiger partial charge in [0.1, 0.15) is 11.3 Å². The van der Waals surface area contributed by atoms with Crippen LogP contribution in [-0.2, 0) is 0 Å². The quantitative estimate of drug-likeness (QED) is 0.455. The first-order valence-corrected chi connectivity index (χ1v) is 8.78. The molecule has 0 spiro atoms. The normalized spacial score (nSPS) is 10.9. The first-order chi connectivity index (χ1) is 14.4. The molecule has 4 N–H and O–H groups in total. The van der Waals surface area contributed by atoms with E-state index in [1.165, 1.54) is 30.9 Å². The van der Waals surface area contributed by atoms with Gasteiger partial charge in [-0.25, -0.2) is 19.3 Å². The first-order valence-electron chi connectivity index (χ1n) is 8.78. The van der Waals surface area contributed by atoms with E-state index in [2.05, 4.69) is 15.0 Å². The smallest absolute Gasteiger partial charge is 0.332 e. The zero-order chi connectivity index (χ0) is 21.4. The molecule has 0 unspecified atom stereocenters. The highest BCUT2D eigenvalue weighted by atomic mass is 16.5. The van der Waals surface area contributed by atoms with Crippen molar-refractivity contribution in [2.24, 2.45) is 5.73 Å². The highest BCUT2D eigenvalue weighted by Crippen LogP contribution is 2.31. The summed E-state index contributed by atoms with van der Waals surface area (Å²) in [5.41, 5.74) is 5.97. The van der Waals surface area contributed by atoms with Crippen LogP contribution in [0.1, 0.15) is 10.5 Å². The number of benzene rings is 2. The number of carbonyl (C=O) groups is 1. The third kappa shape index (κ3) is 3.00. The number of nitrogens with two attached hydrogens (primary N) is 1. The van der Waals surface area contributed by atoms with E-state index < -0.39 is 11.6 Å². The lowest BCUT2D eigenvalue weighted by Gasteiger charge is -2.10. The third-order valence-corrected chi connectivity index (χ3v) is 4.53. The van der Waals surface area contributed by atoms with Crippen LogP contribution in [0.2, 0.25) is 0 Å². The van der Waals surface area contributed by atoms with Gasteiger partial charge >= 0.3 is 5.69 Å². The number of H-pyrrole nitrogens is 1. The Labute approximate surface area is 169 Å². The van der Waals surface area contributed by atoms with Crippen LogP contribution in [0.4, 0.5) is 0 Å². The summed E-state index contributed by atoms with van der Waals surface area (Å²) in [7, 11) is 2.89. The minimum Gasteiger partial charge on any atom is -0.504 e. The van der Waals surface area contributed by atoms with Gasteiger partial charge in [-0.15, -0.1) is 0 Å². The van der Waals surface area contributed by atoms with Crippen molar-refractivity contribution in [1.82, 2.24) is 19.5 Å². The van der Waals surface area contributed by atoms with E-state index in [0.717, 1.165) is 0 Å². The Morgan fingerprint density at radius 3 is 2.53 bits per heavy atom. The molecule has 0 saturated carbocycles. The summed E-state index contributed by atoms with van der Waals surface area (Å²) < 4.78 is 11.8. The minimum atomic E-state index is -0.831. The Kier molecular flexibility index (Phi) is 4.59. The van der Waals surface area contributed by atoms with Crippen molar-refractivity contribution in [2.45, 2.75) is 0 Å². The number of aromatic nitrogens is 4. The molecule has 10 nitrogen and oxygen atoms in total. The van der Waals surface area contributed by atoms with Crippen LogP contribution in [-0.4, -0.2) is 44.8 Å². The molecule has 2 heterocycles. The van der Waals surface area contributed by atoms with Gasteiger partial charge in [-0.1, -0.05) is 12.1 Å². The molecule has 0 fully saturated rings. The molecule has 0 bridgehead atoms. The number of nitrogens with zero attached hydrogens (tertiary/aromatic N) is 3. The average molecular weight is 407 g/mol. The maximum atomic E-state index is 12.8. The molecule has 10 heteroatoms. The number of nitrogens with one attached hydrogen (secondary N) is 1. The Morgan fingerprint density at radius 2 is 1.83 bits per heavy atom. The number of hydrogen-bond acceptors (Lipinski definition) is 7. The highest BCUT2D eigenvalue weighted by Gasteiger charge is 2.22. The van der Waals surface area contributed by atoms with Crippen molar-refractivity contribution in [3.8, 4) is 34.3 Å². The maximum Gasteiger partial charge on any atom is 0.332 e. The van der Waals surface area contributed by atoms with Crippen LogP contribution in [0, 0.1) is 0 Å². The second-order valence-corrected chi connectivity index (χ2v) is 6.28. The van der Waals surface area contributed by atoms with Crippen LogP contribution in [0.15, 0.2) is 47.3 Å². The van der Waals surface area contributed by atoms with E-state index in [0.29, 0.717) is 17.0 Å². The summed E-state index contributed by atoms with van der Waals surface area (Å²) in [5.74, 6) is -0.134. The Balaban J connectivity index is 2.06. The molecule has 30 heavy (non-hydrogen) atoms. The zero-order valence-corrected chi connectivity index (χ0v) is 16.0. The number of methoxy groups -OCH3 is 2. The number of amides is 1. The number of imidazole rings is 1. The SMILES string of the molecule is COc1cc(-c2nc(C(N)=O)c3[nH]c(=O)n(-c4ccccc4OC)c3n2)ccc1O. The number of rotatable bonds is 5. The number of phenols is 1. The number of primary amides is 1. The van der Waals surface area contributed by atoms with Gasteiger partial charge in [0.15, 0.2) is 28.7 Å². The topological polar surface area (TPSA) is 145 Å². The molecule has 2 aromatic carbocycles. The van der Waals surface area contributed by atoms with Crippen molar-refractivity contribution in [1.29, 1.82) is 0 Å². The maximum absolute atomic E-state index is 12.8. The number of ether oxygens (including phenoxy) is 2. The van der Waals surface area contributed by atoms with Crippen molar-refractivity contribution in [3.63, 3.8) is 0 Å². The van der Waals surface area contributed by atoms with Crippen LogP contribution in [0.3, 0.4) is 0 Å². The molecule has 152 valence electrons. The lowest BCUT2D eigenvalue weighted by molar-refractivity contribution is 0.0997. The molecule has 1 amide bonds. The number of aromatic amines is 1. The van der Waals surface area contributed by atoms with E-state index >= 15 is 0 Å². The molecule has 0 aliphatic rings. The average Bonchev–Trinajstić information content (AvgIpc) is 3.08. The van der Waals surface area contributed by atoms with Gasteiger partial charge in [0.25, 0.3) is 5.91 Å². The van der Waals surface area contributed by atoms with Gasteiger partial charge in [-0.05, 0) is 30.3 Å². The second-order valence-electron chi connectivity index (χ2n) is 6.28. The Hall–Kier alpha value is -4.34. The number of fused-ring (bicyclic) bond motifs is 1. The predicted octanol–water partition coefficient (Wildman–Crippen LogP) is 1.60. The monoisotopic (exact) mass is 407 g/mol. The molecule has 0 aliphatic carbocycles. The minimum absolute atomic E-state index is 0.0648. The van der Waals surface area contributed by atoms with Crippen molar-refractivity contribution in [2.75, 3.05) is 14.2 Å². The molecule has 0 saturated heterocycles. The standard InChI is InChI=1S/C20H17N5O5/c1-29-13-6-4-3-5-11(13)25-19-16(23-20(25)28)15(17(21)27)22-18(24-19)10-7-8-12(26)14(9-10)30-2/h3-9,26H,1-2H3,(H2,21,27)(H,23,28). The Morgan fingerprint density at radius 1 is 1.10 bits per heavy atom. The lowest BCUT2D eigenvalue weighted by atomic mass is 10.1. The molecule has 4 aromatic rings. The second kappa shape index (κ2) is 7.24. The molecule has 0 radical (unpaired) electrons. The Bertz CT molecular complexity index is 1340. The van der Waals surface area contributed by atoms with Crippen LogP contribution >= 0.6 is 0 Å². The summed E-state index contributed by atoms with van der Waals surface area (Å²) in [6.07, 6.45) is 0. The predicted molar refractivity (Wildman–Crippen MR) is 108 cm³/mol. The molecule has 0 aliphatic heterocycles. The van der Waals surface area contributed by atoms with Crippen LogP contribution in [0.5, 0.6) is 17.2 Å². The zero-order valence-electron chi connectivity index (χ0n) is 16.0. The molecule has 2 aromatic heterocycles. The van der Waals surface area contributed by atoms with Gasteiger partial charge in [0.05, 0.1) is 19.9 Å². The van der Waals surface area contributed by atoms with Crippen molar-refractivity contribution >= 4 is 17.1 Å². The number of para-hydroxylation sites is 2. The van der Waals surface area contributed by atoms with E-state index in [4.69, 9.17) is 15.2 Å². The third-order valence-electron chi connectivity index (χ3n) is 4.53. The van der Waals surface area contributed by atoms with Gasteiger partial charge in [-0.2, -0.15) is 0 Å². The van der Waals surface area contributed by atoms with Gasteiger partial charge in [0, 0.05) is 5.56 Å². The fraction of sp³-hybridized carbons (Fsp3) is 0.100. The van der Waals surface area contributed by atoms with Gasteiger partial charge < -0.3 is 25.3 Å². The number of carbonyl (C=O) groups excluding carboxylic acids is 1. The summed E-state index contributed by atoms with van der Waals surface area (Å²) in [4.78, 5) is 36.1. The fourth-order valence-corrected chi connectivity index (χ4v) is 3.15. The number of phenolic OH excluding ortho intramolecular Hbond substituents is 1. The summed E-state index contributed by atoms with van der Waals surface area (Å²) in [5, 5.41) is 9.85. The molecule has 4 rings (SSSR count). The van der Waals surface area contributed by atoms with Crippen LogP contribution in [0.25, 0.3) is 28.2 Å². The molecular formula is C20H17N5O5. The lowest BCUT2D eigenvalue weighted by Crippen LogP contribution is -2.16. The molecule has 0 atom stereocenters. The highest BCUT2D eigenvalue weighted by molar-refractivity contribution is 6.02. The number of hydrogen-bond donors (Lipinski definition) is 3. The first kappa shape index (κ1) is 19.0. The van der Waals surface area contributed by atoms with E-state index in [-0.39, 0.29) is 34.2 Å². The van der Waals surface area contributed by atoms with E-state index in [9.17, 15) is 14.7 Å². The van der Waals surface area contributed by atoms with E-state index in [1.54, 1.807) is 30.3 Å². The fourth-order valence-electron chi connectivity index (χ4n) is 3.15. The number of aromatic hydroxyl groups is 1. The van der Waals surface area contributed by atoms with Crippen molar-refractivity contribution in [3.05, 3.63) is 58.6 Å². The summed E-state index contributed by atoms with van der Waals surface area (Å²) >= 11 is 0. The van der Waals surface area contributed by atoms with E-state index in [1.807, 2.05) is 0 Å². The van der Waals surface area contributed by atoms with Gasteiger partial charge in [-0.3, -0.25) is 4.79 Å². The van der Waals surface area contributed by atoms with Crippen LogP contribution < -0.4 is 20.9 Å². The largest absolute Gasteiger partial charge is 0.504 e. The molecular weight excluding hydrogens is 390 g/mol. The summed E-state index contributed by atoms with van der Waals surface area (Å²) in [6, 6.07) is 11.4. The van der Waals surface area contributed by atoms with Crippen molar-refractivity contribution < 1.29 is 19.4 Å².